The zero-order valence-electron chi connectivity index (χ0n) is 14.7. The van der Waals surface area contributed by atoms with Crippen LogP contribution in [0.4, 0.5) is 5.95 Å². The number of para-hydroxylation sites is 1. The maximum Gasteiger partial charge on any atom is 0.231 e. The summed E-state index contributed by atoms with van der Waals surface area (Å²) in [7, 11) is 0. The van der Waals surface area contributed by atoms with Crippen molar-refractivity contribution in [3.05, 3.63) is 42.1 Å². The van der Waals surface area contributed by atoms with E-state index in [9.17, 15) is 4.21 Å². The fraction of sp³-hybridized carbons (Fsp3) is 0.444. The van der Waals surface area contributed by atoms with E-state index in [1.165, 1.54) is 0 Å². The van der Waals surface area contributed by atoms with Gasteiger partial charge in [-0.25, -0.2) is 13.9 Å². The zero-order valence-corrected chi connectivity index (χ0v) is 15.5. The number of nitrogens with one attached hydrogen (secondary N) is 2. The van der Waals surface area contributed by atoms with Gasteiger partial charge < -0.3 is 10.1 Å². The normalized spacial score (nSPS) is 21.2. The van der Waals surface area contributed by atoms with E-state index in [1.54, 1.807) is 0 Å². The molecule has 1 aliphatic carbocycles. The highest BCUT2D eigenvalue weighted by atomic mass is 32.2. The molecule has 1 fully saturated rings. The Morgan fingerprint density at radius 2 is 1.92 bits per heavy atom. The monoisotopic (exact) mass is 376 g/mol. The van der Waals surface area contributed by atoms with Crippen LogP contribution in [-0.4, -0.2) is 31.3 Å². The number of ether oxygens (including phenoxy) is 1. The molecule has 140 valence electrons. The second kappa shape index (κ2) is 9.07. The van der Waals surface area contributed by atoms with Crippen molar-refractivity contribution in [1.82, 2.24) is 14.7 Å². The molecule has 3 rings (SSSR count). The van der Waals surface area contributed by atoms with Crippen molar-refractivity contribution >= 4 is 17.2 Å². The van der Waals surface area contributed by atoms with E-state index in [-0.39, 0.29) is 6.04 Å². The van der Waals surface area contributed by atoms with Gasteiger partial charge in [-0.2, -0.15) is 4.98 Å². The number of nitrogens with zero attached hydrogens (tertiary/aromatic N) is 2. The van der Waals surface area contributed by atoms with Crippen molar-refractivity contribution in [3.63, 3.8) is 0 Å². The molecule has 0 amide bonds. The zero-order chi connectivity index (χ0) is 18.4. The second-order valence-electron chi connectivity index (χ2n) is 6.55. The molecule has 1 aromatic heterocycles. The van der Waals surface area contributed by atoms with E-state index >= 15 is 0 Å². The largest absolute Gasteiger partial charge is 0.439 e. The fourth-order valence-electron chi connectivity index (χ4n) is 3.14. The molecule has 3 N–H and O–H groups in total. The summed E-state index contributed by atoms with van der Waals surface area (Å²) < 4.78 is 28.2. The van der Waals surface area contributed by atoms with Crippen molar-refractivity contribution < 1.29 is 13.5 Å². The molecule has 0 radical (unpaired) electrons. The Labute approximate surface area is 156 Å². The van der Waals surface area contributed by atoms with E-state index in [0.29, 0.717) is 17.7 Å². The van der Waals surface area contributed by atoms with Gasteiger partial charge in [0.15, 0.2) is 0 Å². The van der Waals surface area contributed by atoms with Crippen LogP contribution in [0.5, 0.6) is 11.6 Å². The average molecular weight is 376 g/mol. The molecular formula is C18H24N4O3S. The summed E-state index contributed by atoms with van der Waals surface area (Å²) >= 11 is -1.93. The topological polar surface area (TPSA) is 96.4 Å². The van der Waals surface area contributed by atoms with Crippen LogP contribution in [0.3, 0.4) is 0 Å². The maximum absolute atomic E-state index is 10.8. The van der Waals surface area contributed by atoms with Gasteiger partial charge in [0.2, 0.25) is 23.1 Å². The van der Waals surface area contributed by atoms with Gasteiger partial charge in [0.1, 0.15) is 5.75 Å². The maximum atomic E-state index is 10.8. The van der Waals surface area contributed by atoms with Gasteiger partial charge in [-0.15, -0.1) is 0 Å². The number of anilines is 1. The second-order valence-corrected chi connectivity index (χ2v) is 7.29. The predicted octanol–water partition coefficient (Wildman–Crippen LogP) is 3.27. The molecule has 1 atom stereocenters. The molecule has 1 aliphatic rings. The van der Waals surface area contributed by atoms with Crippen molar-refractivity contribution in [2.45, 2.75) is 38.6 Å². The number of aryl methyl sites for hydroxylation is 1. The van der Waals surface area contributed by atoms with E-state index in [2.05, 4.69) is 20.0 Å². The lowest BCUT2D eigenvalue weighted by atomic mass is 9.86. The van der Waals surface area contributed by atoms with Gasteiger partial charge in [0.05, 0.1) is 0 Å². The van der Waals surface area contributed by atoms with Crippen LogP contribution in [0.1, 0.15) is 31.4 Å². The molecule has 1 unspecified atom stereocenters. The van der Waals surface area contributed by atoms with Crippen LogP contribution in [0, 0.1) is 12.8 Å². The molecule has 2 aromatic rings. The lowest BCUT2D eigenvalue weighted by molar-refractivity contribution is 0.322. The summed E-state index contributed by atoms with van der Waals surface area (Å²) in [6, 6.07) is 11.5. The van der Waals surface area contributed by atoms with Crippen molar-refractivity contribution in [2.24, 2.45) is 5.92 Å². The van der Waals surface area contributed by atoms with E-state index in [4.69, 9.17) is 9.29 Å². The lowest BCUT2D eigenvalue weighted by Gasteiger charge is -2.28. The molecule has 8 heteroatoms. The number of hydrogen-bond donors (Lipinski definition) is 3. The minimum atomic E-state index is -1.93. The molecule has 1 heterocycles. The first-order valence-electron chi connectivity index (χ1n) is 8.78. The Bertz CT molecular complexity index is 736. The first-order chi connectivity index (χ1) is 12.6. The number of hydrogen-bond acceptors (Lipinski definition) is 5. The van der Waals surface area contributed by atoms with Crippen LogP contribution in [0.2, 0.25) is 0 Å². The van der Waals surface area contributed by atoms with Crippen molar-refractivity contribution in [1.29, 1.82) is 0 Å². The van der Waals surface area contributed by atoms with E-state index < -0.39 is 11.3 Å². The van der Waals surface area contributed by atoms with E-state index in [0.717, 1.165) is 43.7 Å². The summed E-state index contributed by atoms with van der Waals surface area (Å²) in [5.74, 6) is 2.32. The van der Waals surface area contributed by atoms with Gasteiger partial charge in [0.25, 0.3) is 0 Å². The molecule has 0 saturated heterocycles. The predicted molar refractivity (Wildman–Crippen MR) is 101 cm³/mol. The Kier molecular flexibility index (Phi) is 6.54. The molecule has 1 aromatic carbocycles. The minimum absolute atomic E-state index is 0.123. The summed E-state index contributed by atoms with van der Waals surface area (Å²) in [5, 5.41) is 3.30. The summed E-state index contributed by atoms with van der Waals surface area (Å²) in [6.45, 7) is 2.69. The third kappa shape index (κ3) is 5.76. The van der Waals surface area contributed by atoms with Crippen LogP contribution in [0.15, 0.2) is 36.4 Å². The lowest BCUT2D eigenvalue weighted by Crippen LogP contribution is -2.35. The number of benzene rings is 1. The van der Waals surface area contributed by atoms with Crippen molar-refractivity contribution in [2.75, 3.05) is 11.9 Å². The molecule has 7 nitrogen and oxygen atoms in total. The van der Waals surface area contributed by atoms with Gasteiger partial charge in [-0.3, -0.25) is 4.55 Å². The highest BCUT2D eigenvalue weighted by molar-refractivity contribution is 7.77. The standard InChI is InChI=1S/C18H24N4O3S/c1-13-11-17(25-16-5-3-2-4-6-16)21-18(20-13)19-12-14-7-9-15(10-8-14)22-26(23)24/h2-6,11,14-15,22H,7-10,12H2,1H3,(H,23,24)(H,19,20,21). The van der Waals surface area contributed by atoms with Gasteiger partial charge in [0, 0.05) is 24.3 Å². The first kappa shape index (κ1) is 18.8. The smallest absolute Gasteiger partial charge is 0.231 e. The van der Waals surface area contributed by atoms with Gasteiger partial charge in [-0.1, -0.05) is 18.2 Å². The highest BCUT2D eigenvalue weighted by Crippen LogP contribution is 2.25. The van der Waals surface area contributed by atoms with E-state index in [1.807, 2.05) is 43.3 Å². The fourth-order valence-corrected chi connectivity index (χ4v) is 3.66. The van der Waals surface area contributed by atoms with Gasteiger partial charge in [-0.05, 0) is 50.7 Å². The van der Waals surface area contributed by atoms with Crippen LogP contribution in [-0.2, 0) is 11.3 Å². The summed E-state index contributed by atoms with van der Waals surface area (Å²) in [6.07, 6.45) is 3.80. The Balaban J connectivity index is 1.53. The van der Waals surface area contributed by atoms with Gasteiger partial charge >= 0.3 is 0 Å². The van der Waals surface area contributed by atoms with Crippen LogP contribution >= 0.6 is 0 Å². The molecular weight excluding hydrogens is 352 g/mol. The molecule has 26 heavy (non-hydrogen) atoms. The molecule has 0 bridgehead atoms. The van der Waals surface area contributed by atoms with Crippen LogP contribution in [0.25, 0.3) is 0 Å². The summed E-state index contributed by atoms with van der Waals surface area (Å²) in [5.41, 5.74) is 0.840. The van der Waals surface area contributed by atoms with Crippen LogP contribution < -0.4 is 14.8 Å². The Morgan fingerprint density at radius 3 is 2.62 bits per heavy atom. The third-order valence-electron chi connectivity index (χ3n) is 4.46. The Morgan fingerprint density at radius 1 is 1.19 bits per heavy atom. The number of aromatic nitrogens is 2. The molecule has 0 aliphatic heterocycles. The number of rotatable bonds is 7. The highest BCUT2D eigenvalue weighted by Gasteiger charge is 2.22. The average Bonchev–Trinajstić information content (AvgIpc) is 2.61. The SMILES string of the molecule is Cc1cc(Oc2ccccc2)nc(NCC2CCC(NS(=O)O)CC2)n1. The molecule has 0 spiro atoms. The minimum Gasteiger partial charge on any atom is -0.439 e. The molecule has 1 saturated carbocycles. The summed E-state index contributed by atoms with van der Waals surface area (Å²) in [4.78, 5) is 8.86. The quantitative estimate of drug-likeness (QED) is 0.642. The first-order valence-corrected chi connectivity index (χ1v) is 9.88. The third-order valence-corrected chi connectivity index (χ3v) is 4.99. The van der Waals surface area contributed by atoms with Crippen molar-refractivity contribution in [3.8, 4) is 11.6 Å². The Hall–Kier alpha value is -2.03.